The molecule has 0 spiro atoms. The molecule has 0 radical (unpaired) electrons. The number of halogens is 1. The fraction of sp³-hybridized carbons (Fsp3) is 0.417. The number of rotatable bonds is 5. The highest BCUT2D eigenvalue weighted by Crippen LogP contribution is 2.10. The Bertz CT molecular complexity index is 437. The van der Waals surface area contributed by atoms with E-state index < -0.39 is 0 Å². The van der Waals surface area contributed by atoms with Crippen LogP contribution in [-0.2, 0) is 9.53 Å². The number of methoxy groups -OCH3 is 1. The van der Waals surface area contributed by atoms with Crippen molar-refractivity contribution in [2.24, 2.45) is 0 Å². The highest BCUT2D eigenvalue weighted by molar-refractivity contribution is 6.30. The summed E-state index contributed by atoms with van der Waals surface area (Å²) in [5, 5.41) is 0.469. The van der Waals surface area contributed by atoms with Crippen LogP contribution in [0.25, 0.3) is 0 Å². The molecular weight excluding hydrogens is 256 g/mol. The van der Waals surface area contributed by atoms with Crippen LogP contribution < -0.4 is 0 Å². The van der Waals surface area contributed by atoms with Gasteiger partial charge in [-0.1, -0.05) is 11.6 Å². The van der Waals surface area contributed by atoms with Crippen LogP contribution in [0.5, 0.6) is 0 Å². The molecule has 0 aromatic carbocycles. The number of nitrogens with zero attached hydrogens (tertiary/aromatic N) is 2. The van der Waals surface area contributed by atoms with Crippen LogP contribution in [-0.4, -0.2) is 42.5 Å². The molecule has 18 heavy (non-hydrogen) atoms. The summed E-state index contributed by atoms with van der Waals surface area (Å²) in [5.41, 5.74) is 0.295. The first-order valence-corrected chi connectivity index (χ1v) is 5.86. The number of ether oxygens (including phenoxy) is 1. The molecule has 5 nitrogen and oxygen atoms in total. The van der Waals surface area contributed by atoms with Gasteiger partial charge in [0.25, 0.3) is 5.91 Å². The lowest BCUT2D eigenvalue weighted by Gasteiger charge is -2.16. The van der Waals surface area contributed by atoms with Gasteiger partial charge in [-0.3, -0.25) is 14.6 Å². The number of pyridine rings is 1. The average Bonchev–Trinajstić information content (AvgIpc) is 2.37. The van der Waals surface area contributed by atoms with Crippen LogP contribution >= 0.6 is 11.6 Å². The fourth-order valence-electron chi connectivity index (χ4n) is 1.38. The Labute approximate surface area is 111 Å². The number of esters is 1. The van der Waals surface area contributed by atoms with E-state index in [4.69, 9.17) is 11.6 Å². The maximum atomic E-state index is 11.9. The summed E-state index contributed by atoms with van der Waals surface area (Å²) < 4.78 is 4.52. The van der Waals surface area contributed by atoms with Crippen LogP contribution in [0.4, 0.5) is 0 Å². The third-order valence-corrected chi connectivity index (χ3v) is 2.62. The number of hydrogen-bond acceptors (Lipinski definition) is 4. The molecular formula is C12H15ClN2O3. The zero-order valence-electron chi connectivity index (χ0n) is 10.4. The van der Waals surface area contributed by atoms with Crippen molar-refractivity contribution in [2.45, 2.75) is 12.8 Å². The number of carbonyl (C=O) groups is 2. The Kier molecular flexibility index (Phi) is 5.58. The quantitative estimate of drug-likeness (QED) is 0.765. The van der Waals surface area contributed by atoms with Crippen molar-refractivity contribution < 1.29 is 14.3 Å². The van der Waals surface area contributed by atoms with Gasteiger partial charge in [0.2, 0.25) is 0 Å². The van der Waals surface area contributed by atoms with Crippen LogP contribution in [0.1, 0.15) is 23.3 Å². The monoisotopic (exact) mass is 270 g/mol. The normalized spacial score (nSPS) is 9.94. The molecule has 0 fully saturated rings. The molecule has 1 amide bonds. The molecule has 0 saturated carbocycles. The Hall–Kier alpha value is -1.62. The van der Waals surface area contributed by atoms with E-state index in [0.717, 1.165) is 0 Å². The topological polar surface area (TPSA) is 59.5 Å². The van der Waals surface area contributed by atoms with Gasteiger partial charge in [0, 0.05) is 31.2 Å². The Morgan fingerprint density at radius 1 is 1.50 bits per heavy atom. The first kappa shape index (κ1) is 14.4. The molecule has 1 rings (SSSR count). The molecule has 0 N–H and O–H groups in total. The third kappa shape index (κ3) is 4.33. The number of carbonyl (C=O) groups excluding carboxylic acids is 2. The van der Waals surface area contributed by atoms with Gasteiger partial charge >= 0.3 is 5.97 Å². The van der Waals surface area contributed by atoms with Crippen molar-refractivity contribution in [3.05, 3.63) is 29.0 Å². The lowest BCUT2D eigenvalue weighted by atomic mass is 10.2. The first-order valence-electron chi connectivity index (χ1n) is 5.48. The van der Waals surface area contributed by atoms with Crippen molar-refractivity contribution in [1.29, 1.82) is 0 Å². The van der Waals surface area contributed by atoms with E-state index in [9.17, 15) is 9.59 Å². The summed E-state index contributed by atoms with van der Waals surface area (Å²) in [7, 11) is 3.00. The molecule has 0 aliphatic heterocycles. The van der Waals surface area contributed by atoms with E-state index >= 15 is 0 Å². The summed E-state index contributed by atoms with van der Waals surface area (Å²) in [6.45, 7) is 0.460. The number of aromatic nitrogens is 1. The van der Waals surface area contributed by atoms with Gasteiger partial charge in [-0.25, -0.2) is 0 Å². The Balaban J connectivity index is 2.49. The van der Waals surface area contributed by atoms with Gasteiger partial charge in [0.05, 0.1) is 7.11 Å². The van der Waals surface area contributed by atoms with Gasteiger partial charge in [-0.15, -0.1) is 0 Å². The second-order valence-corrected chi connectivity index (χ2v) is 4.20. The summed E-state index contributed by atoms with van der Waals surface area (Å²) >= 11 is 5.79. The average molecular weight is 271 g/mol. The van der Waals surface area contributed by atoms with Crippen molar-refractivity contribution >= 4 is 23.5 Å². The molecule has 1 aromatic heterocycles. The summed E-state index contributed by atoms with van der Waals surface area (Å²) in [6.07, 6.45) is 2.32. The van der Waals surface area contributed by atoms with E-state index in [0.29, 0.717) is 23.7 Å². The lowest BCUT2D eigenvalue weighted by Crippen LogP contribution is -2.28. The van der Waals surface area contributed by atoms with Crippen LogP contribution in [0.15, 0.2) is 18.3 Å². The lowest BCUT2D eigenvalue weighted by molar-refractivity contribution is -0.140. The molecule has 6 heteroatoms. The zero-order chi connectivity index (χ0) is 13.5. The predicted octanol–water partition coefficient (Wildman–Crippen LogP) is 1.76. The molecule has 1 aromatic rings. The second kappa shape index (κ2) is 6.96. The van der Waals surface area contributed by atoms with Crippen molar-refractivity contribution in [3.63, 3.8) is 0 Å². The molecule has 0 atom stereocenters. The van der Waals surface area contributed by atoms with E-state index in [1.54, 1.807) is 13.1 Å². The minimum Gasteiger partial charge on any atom is -0.469 e. The van der Waals surface area contributed by atoms with Gasteiger partial charge in [-0.2, -0.15) is 0 Å². The summed E-state index contributed by atoms with van der Waals surface area (Å²) in [4.78, 5) is 28.3. The van der Waals surface area contributed by atoms with Gasteiger partial charge in [0.15, 0.2) is 0 Å². The first-order chi connectivity index (χ1) is 8.54. The molecule has 0 aliphatic rings. The Morgan fingerprint density at radius 2 is 2.22 bits per heavy atom. The zero-order valence-corrected chi connectivity index (χ0v) is 11.1. The molecule has 1 heterocycles. The van der Waals surface area contributed by atoms with Crippen molar-refractivity contribution in [3.8, 4) is 0 Å². The molecule has 0 bridgehead atoms. The van der Waals surface area contributed by atoms with E-state index in [1.165, 1.54) is 24.3 Å². The number of amides is 1. The fourth-order valence-corrected chi connectivity index (χ4v) is 1.54. The van der Waals surface area contributed by atoms with Crippen LogP contribution in [0, 0.1) is 0 Å². The van der Waals surface area contributed by atoms with Crippen molar-refractivity contribution in [1.82, 2.24) is 9.88 Å². The molecule has 0 aliphatic carbocycles. The predicted molar refractivity (Wildman–Crippen MR) is 67.5 cm³/mol. The van der Waals surface area contributed by atoms with Crippen LogP contribution in [0.3, 0.4) is 0 Å². The minimum absolute atomic E-state index is 0.220. The third-order valence-electron chi connectivity index (χ3n) is 2.39. The van der Waals surface area contributed by atoms with Gasteiger partial charge in [0.1, 0.15) is 5.69 Å². The summed E-state index contributed by atoms with van der Waals surface area (Å²) in [5.74, 6) is -0.501. The maximum absolute atomic E-state index is 11.9. The van der Waals surface area contributed by atoms with E-state index in [1.807, 2.05) is 0 Å². The van der Waals surface area contributed by atoms with Gasteiger partial charge in [-0.05, 0) is 18.6 Å². The molecule has 0 saturated heterocycles. The molecule has 98 valence electrons. The largest absolute Gasteiger partial charge is 0.469 e. The van der Waals surface area contributed by atoms with Crippen molar-refractivity contribution in [2.75, 3.05) is 20.7 Å². The van der Waals surface area contributed by atoms with Gasteiger partial charge < -0.3 is 9.64 Å². The van der Waals surface area contributed by atoms with E-state index in [-0.39, 0.29) is 18.3 Å². The minimum atomic E-state index is -0.281. The number of hydrogen-bond donors (Lipinski definition) is 0. The highest BCUT2D eigenvalue weighted by atomic mass is 35.5. The SMILES string of the molecule is COC(=O)CCCN(C)C(=O)c1cc(Cl)ccn1. The summed E-state index contributed by atoms with van der Waals surface area (Å²) in [6, 6.07) is 3.12. The Morgan fingerprint density at radius 3 is 2.83 bits per heavy atom. The van der Waals surface area contributed by atoms with E-state index in [2.05, 4.69) is 9.72 Å². The highest BCUT2D eigenvalue weighted by Gasteiger charge is 2.13. The smallest absolute Gasteiger partial charge is 0.305 e. The maximum Gasteiger partial charge on any atom is 0.305 e. The second-order valence-electron chi connectivity index (χ2n) is 3.77. The standard InChI is InChI=1S/C12H15ClN2O3/c1-15(7-3-4-11(16)18-2)12(17)10-8-9(13)5-6-14-10/h5-6,8H,3-4,7H2,1-2H3. The van der Waals surface area contributed by atoms with Crippen LogP contribution in [0.2, 0.25) is 5.02 Å². The molecule has 0 unspecified atom stereocenters.